The van der Waals surface area contributed by atoms with Gasteiger partial charge < -0.3 is 5.11 Å². The molecule has 0 radical (unpaired) electrons. The fourth-order valence-electron chi connectivity index (χ4n) is 3.66. The molecule has 2 unspecified atom stereocenters. The van der Waals surface area contributed by atoms with Crippen molar-refractivity contribution < 1.29 is 5.11 Å². The molecule has 1 fully saturated rings. The smallest absolute Gasteiger partial charge is 0.137 e. The summed E-state index contributed by atoms with van der Waals surface area (Å²) >= 11 is 5.96. The third-order valence-electron chi connectivity index (χ3n) is 5.32. The lowest BCUT2D eigenvalue weighted by molar-refractivity contribution is -0.0767. The zero-order valence-electron chi connectivity index (χ0n) is 13.6. The predicted molar refractivity (Wildman–Crippen MR) is 90.9 cm³/mol. The second-order valence-corrected chi connectivity index (χ2v) is 7.52. The van der Waals surface area contributed by atoms with E-state index in [1.165, 1.54) is 6.33 Å². The van der Waals surface area contributed by atoms with Crippen molar-refractivity contribution in [2.75, 3.05) is 0 Å². The molecule has 0 amide bonds. The molecule has 2 atom stereocenters. The number of benzene rings is 1. The van der Waals surface area contributed by atoms with Crippen LogP contribution in [0.2, 0.25) is 5.02 Å². The van der Waals surface area contributed by atoms with E-state index in [1.807, 2.05) is 24.3 Å². The molecule has 0 saturated heterocycles. The Morgan fingerprint density at radius 1 is 1.35 bits per heavy atom. The van der Waals surface area contributed by atoms with Crippen molar-refractivity contribution in [2.45, 2.75) is 45.3 Å². The maximum atomic E-state index is 11.5. The first-order valence-corrected chi connectivity index (χ1v) is 8.44. The maximum Gasteiger partial charge on any atom is 0.137 e. The number of aliphatic hydroxyl groups is 1. The summed E-state index contributed by atoms with van der Waals surface area (Å²) in [5.74, 6) is 0.127. The SMILES string of the molecule is CC1(C)CCC([CH-]c2ccc(Cl)cc2)C1(O)CCn1cncn1. The van der Waals surface area contributed by atoms with Crippen molar-refractivity contribution in [2.24, 2.45) is 11.3 Å². The third kappa shape index (κ3) is 3.24. The normalized spacial score (nSPS) is 26.3. The van der Waals surface area contributed by atoms with Crippen molar-refractivity contribution in [1.82, 2.24) is 14.8 Å². The van der Waals surface area contributed by atoms with Gasteiger partial charge in [-0.3, -0.25) is 4.68 Å². The molecule has 5 heteroatoms. The molecule has 3 rings (SSSR count). The first-order valence-electron chi connectivity index (χ1n) is 8.06. The van der Waals surface area contributed by atoms with Crippen LogP contribution in [0.25, 0.3) is 0 Å². The Balaban J connectivity index is 1.76. The number of hydrogen-bond donors (Lipinski definition) is 1. The van der Waals surface area contributed by atoms with Crippen LogP contribution < -0.4 is 0 Å². The summed E-state index contributed by atoms with van der Waals surface area (Å²) in [5.41, 5.74) is 0.232. The fourth-order valence-corrected chi connectivity index (χ4v) is 3.78. The van der Waals surface area contributed by atoms with Crippen LogP contribution in [0.15, 0.2) is 36.9 Å². The molecule has 1 aliphatic rings. The number of halogens is 1. The number of aromatic nitrogens is 3. The molecule has 1 aromatic carbocycles. The summed E-state index contributed by atoms with van der Waals surface area (Å²) in [6, 6.07) is 7.79. The quantitative estimate of drug-likeness (QED) is 0.848. The van der Waals surface area contributed by atoms with E-state index in [2.05, 4.69) is 30.4 Å². The molecule has 0 spiro atoms. The van der Waals surface area contributed by atoms with Crippen molar-refractivity contribution in [3.05, 3.63) is 53.9 Å². The van der Waals surface area contributed by atoms with Gasteiger partial charge in [0.1, 0.15) is 12.7 Å². The number of aryl methyl sites for hydroxylation is 1. The van der Waals surface area contributed by atoms with Gasteiger partial charge in [-0.2, -0.15) is 29.2 Å². The lowest BCUT2D eigenvalue weighted by Gasteiger charge is -2.42. The topological polar surface area (TPSA) is 50.9 Å². The van der Waals surface area contributed by atoms with E-state index in [-0.39, 0.29) is 11.3 Å². The third-order valence-corrected chi connectivity index (χ3v) is 5.57. The maximum absolute atomic E-state index is 11.5. The predicted octanol–water partition coefficient (Wildman–Crippen LogP) is 3.74. The second kappa shape index (κ2) is 6.17. The lowest BCUT2D eigenvalue weighted by Crippen LogP contribution is -2.46. The largest absolute Gasteiger partial charge is 0.390 e. The minimum Gasteiger partial charge on any atom is -0.390 e. The molecule has 2 aromatic rings. The Kier molecular flexibility index (Phi) is 4.39. The van der Waals surface area contributed by atoms with Crippen LogP contribution in [0.4, 0.5) is 0 Å². The van der Waals surface area contributed by atoms with Crippen LogP contribution in [0.1, 0.15) is 38.7 Å². The molecule has 124 valence electrons. The van der Waals surface area contributed by atoms with Crippen LogP contribution in [0.3, 0.4) is 0 Å². The average molecular weight is 333 g/mol. The molecule has 1 aromatic heterocycles. The summed E-state index contributed by atoms with van der Waals surface area (Å²) in [7, 11) is 0. The highest BCUT2D eigenvalue weighted by Gasteiger charge is 2.51. The van der Waals surface area contributed by atoms with Gasteiger partial charge in [0.05, 0.1) is 5.60 Å². The van der Waals surface area contributed by atoms with Crippen molar-refractivity contribution in [3.63, 3.8) is 0 Å². The lowest BCUT2D eigenvalue weighted by atomic mass is 9.71. The summed E-state index contributed by atoms with van der Waals surface area (Å²) in [6.07, 6.45) is 8.08. The molecule has 1 saturated carbocycles. The van der Waals surface area contributed by atoms with Crippen LogP contribution in [0.5, 0.6) is 0 Å². The Hall–Kier alpha value is -1.52. The van der Waals surface area contributed by atoms with Gasteiger partial charge in [0.25, 0.3) is 0 Å². The van der Waals surface area contributed by atoms with Gasteiger partial charge in [0, 0.05) is 11.6 Å². The zero-order valence-corrected chi connectivity index (χ0v) is 14.4. The Morgan fingerprint density at radius 3 is 2.74 bits per heavy atom. The summed E-state index contributed by atoms with van der Waals surface area (Å²) < 4.78 is 1.78. The molecule has 1 aliphatic carbocycles. The highest BCUT2D eigenvalue weighted by Crippen LogP contribution is 2.53. The van der Waals surface area contributed by atoms with Gasteiger partial charge in [-0.05, 0) is 24.2 Å². The first-order chi connectivity index (χ1) is 10.9. The number of nitrogens with zero attached hydrogens (tertiary/aromatic N) is 3. The standard InChI is InChI=1S/C18H23ClN3O/c1-17(2)8-7-15(11-14-3-5-16(19)6-4-14)18(17,23)9-10-22-13-20-12-21-22/h3-6,11-13,15,23H,7-10H2,1-2H3/q-1. The van der Waals surface area contributed by atoms with Gasteiger partial charge in [-0.15, -0.1) is 0 Å². The number of rotatable bonds is 5. The van der Waals surface area contributed by atoms with E-state index in [1.54, 1.807) is 11.0 Å². The Labute approximate surface area is 142 Å². The highest BCUT2D eigenvalue weighted by atomic mass is 35.5. The molecule has 4 nitrogen and oxygen atoms in total. The summed E-state index contributed by atoms with van der Waals surface area (Å²) in [5, 5.41) is 16.4. The zero-order chi connectivity index (χ0) is 16.5. The van der Waals surface area contributed by atoms with Crippen LogP contribution in [0, 0.1) is 17.8 Å². The monoisotopic (exact) mass is 332 g/mol. The van der Waals surface area contributed by atoms with Crippen LogP contribution in [-0.2, 0) is 6.54 Å². The Morgan fingerprint density at radius 2 is 2.09 bits per heavy atom. The van der Waals surface area contributed by atoms with E-state index >= 15 is 0 Å². The molecular formula is C18H23ClN3O-. The fraction of sp³-hybridized carbons (Fsp3) is 0.500. The minimum atomic E-state index is -0.751. The van der Waals surface area contributed by atoms with E-state index < -0.39 is 5.60 Å². The highest BCUT2D eigenvalue weighted by molar-refractivity contribution is 6.30. The van der Waals surface area contributed by atoms with Crippen LogP contribution >= 0.6 is 11.6 Å². The van der Waals surface area contributed by atoms with Gasteiger partial charge in [0.2, 0.25) is 0 Å². The molecule has 0 bridgehead atoms. The molecule has 1 heterocycles. The molecule has 0 aliphatic heterocycles. The van der Waals surface area contributed by atoms with Crippen molar-refractivity contribution in [1.29, 1.82) is 0 Å². The summed E-state index contributed by atoms with van der Waals surface area (Å²) in [4.78, 5) is 3.97. The number of hydrogen-bond acceptors (Lipinski definition) is 3. The summed E-state index contributed by atoms with van der Waals surface area (Å²) in [6.45, 7) is 4.99. The van der Waals surface area contributed by atoms with E-state index in [0.29, 0.717) is 13.0 Å². The van der Waals surface area contributed by atoms with Crippen molar-refractivity contribution >= 4 is 11.6 Å². The van der Waals surface area contributed by atoms with Gasteiger partial charge in [-0.25, -0.2) is 4.98 Å². The average Bonchev–Trinajstić information content (AvgIpc) is 3.10. The molecule has 1 N–H and O–H groups in total. The van der Waals surface area contributed by atoms with Crippen molar-refractivity contribution in [3.8, 4) is 0 Å². The van der Waals surface area contributed by atoms with E-state index in [0.717, 1.165) is 23.4 Å². The van der Waals surface area contributed by atoms with Gasteiger partial charge >= 0.3 is 0 Å². The van der Waals surface area contributed by atoms with Gasteiger partial charge in [0.15, 0.2) is 0 Å². The van der Waals surface area contributed by atoms with E-state index in [4.69, 9.17) is 11.6 Å². The van der Waals surface area contributed by atoms with E-state index in [9.17, 15) is 5.11 Å². The van der Waals surface area contributed by atoms with Gasteiger partial charge in [-0.1, -0.05) is 44.0 Å². The minimum absolute atomic E-state index is 0.124. The van der Waals surface area contributed by atoms with Crippen LogP contribution in [-0.4, -0.2) is 25.5 Å². The second-order valence-electron chi connectivity index (χ2n) is 7.08. The Bertz CT molecular complexity index is 639. The first kappa shape index (κ1) is 16.3. The molecular weight excluding hydrogens is 310 g/mol. The molecule has 23 heavy (non-hydrogen) atoms.